The van der Waals surface area contributed by atoms with E-state index in [1.165, 1.54) is 16.3 Å². The number of nitrogens with zero attached hydrogens (tertiary/aromatic N) is 1. The standard InChI is InChI=1S/C24H26N2O/c1-18(22-13-7-11-20-8-5-6-12-23(20)22)25-16-19-14-15-26(17-19)24(27)21-9-3-2-4-10-21/h2-13,18-19,25H,14-17H2,1H3. The van der Waals surface area contributed by atoms with Gasteiger partial charge >= 0.3 is 0 Å². The monoisotopic (exact) mass is 358 g/mol. The zero-order chi connectivity index (χ0) is 18.6. The number of likely N-dealkylation sites (tertiary alicyclic amines) is 1. The SMILES string of the molecule is CC(NCC1CCN(C(=O)c2ccccc2)C1)c1cccc2ccccc12. The number of rotatable bonds is 5. The van der Waals surface area contributed by atoms with E-state index in [0.29, 0.717) is 5.92 Å². The Labute approximate surface area is 161 Å². The van der Waals surface area contributed by atoms with Crippen LogP contribution >= 0.6 is 0 Å². The van der Waals surface area contributed by atoms with Gasteiger partial charge in [-0.05, 0) is 47.7 Å². The fourth-order valence-electron chi connectivity index (χ4n) is 4.03. The van der Waals surface area contributed by atoms with Crippen molar-refractivity contribution in [3.8, 4) is 0 Å². The van der Waals surface area contributed by atoms with Crippen LogP contribution in [0.25, 0.3) is 10.8 Å². The highest BCUT2D eigenvalue weighted by Crippen LogP contribution is 2.25. The summed E-state index contributed by atoms with van der Waals surface area (Å²) in [6.45, 7) is 4.85. The summed E-state index contributed by atoms with van der Waals surface area (Å²) in [5.41, 5.74) is 2.12. The van der Waals surface area contributed by atoms with Crippen LogP contribution in [0.3, 0.4) is 0 Å². The van der Waals surface area contributed by atoms with E-state index in [0.717, 1.165) is 31.6 Å². The second kappa shape index (κ2) is 7.93. The summed E-state index contributed by atoms with van der Waals surface area (Å²) in [4.78, 5) is 14.6. The lowest BCUT2D eigenvalue weighted by molar-refractivity contribution is 0.0787. The van der Waals surface area contributed by atoms with Crippen LogP contribution in [0, 0.1) is 5.92 Å². The second-order valence-corrected chi connectivity index (χ2v) is 7.47. The van der Waals surface area contributed by atoms with E-state index in [4.69, 9.17) is 0 Å². The van der Waals surface area contributed by atoms with E-state index in [9.17, 15) is 4.79 Å². The fraction of sp³-hybridized carbons (Fsp3) is 0.292. The Morgan fingerprint density at radius 3 is 2.63 bits per heavy atom. The second-order valence-electron chi connectivity index (χ2n) is 7.47. The molecule has 1 aliphatic heterocycles. The maximum absolute atomic E-state index is 12.6. The molecule has 27 heavy (non-hydrogen) atoms. The van der Waals surface area contributed by atoms with Gasteiger partial charge in [0.05, 0.1) is 0 Å². The molecule has 1 saturated heterocycles. The van der Waals surface area contributed by atoms with Gasteiger partial charge in [-0.25, -0.2) is 0 Å². The summed E-state index contributed by atoms with van der Waals surface area (Å²) >= 11 is 0. The largest absolute Gasteiger partial charge is 0.338 e. The van der Waals surface area contributed by atoms with Gasteiger partial charge in [0.15, 0.2) is 0 Å². The minimum atomic E-state index is 0.153. The van der Waals surface area contributed by atoms with Gasteiger partial charge in [0.1, 0.15) is 0 Å². The van der Waals surface area contributed by atoms with Crippen LogP contribution in [-0.2, 0) is 0 Å². The van der Waals surface area contributed by atoms with Crippen LogP contribution < -0.4 is 5.32 Å². The van der Waals surface area contributed by atoms with E-state index in [-0.39, 0.29) is 11.9 Å². The predicted octanol–water partition coefficient (Wildman–Crippen LogP) is 4.65. The third-order valence-corrected chi connectivity index (χ3v) is 5.60. The molecular weight excluding hydrogens is 332 g/mol. The van der Waals surface area contributed by atoms with Gasteiger partial charge in [0, 0.05) is 31.2 Å². The smallest absolute Gasteiger partial charge is 0.253 e. The maximum atomic E-state index is 12.6. The topological polar surface area (TPSA) is 32.3 Å². The van der Waals surface area contributed by atoms with Crippen LogP contribution in [-0.4, -0.2) is 30.4 Å². The van der Waals surface area contributed by atoms with Gasteiger partial charge in [-0.1, -0.05) is 60.7 Å². The molecule has 0 bridgehead atoms. The molecule has 0 spiro atoms. The van der Waals surface area contributed by atoms with E-state index < -0.39 is 0 Å². The lowest BCUT2D eigenvalue weighted by Gasteiger charge is -2.20. The Morgan fingerprint density at radius 2 is 1.78 bits per heavy atom. The molecular formula is C24H26N2O. The lowest BCUT2D eigenvalue weighted by atomic mass is 9.99. The van der Waals surface area contributed by atoms with Gasteiger partial charge in [-0.15, -0.1) is 0 Å². The van der Waals surface area contributed by atoms with E-state index in [1.54, 1.807) is 0 Å². The molecule has 1 fully saturated rings. The quantitative estimate of drug-likeness (QED) is 0.720. The number of benzene rings is 3. The number of carbonyl (C=O) groups excluding carboxylic acids is 1. The van der Waals surface area contributed by atoms with Crippen LogP contribution in [0.15, 0.2) is 72.8 Å². The number of amides is 1. The minimum absolute atomic E-state index is 0.153. The van der Waals surface area contributed by atoms with E-state index >= 15 is 0 Å². The highest BCUT2D eigenvalue weighted by molar-refractivity contribution is 5.94. The molecule has 1 aliphatic rings. The molecule has 1 amide bonds. The molecule has 0 saturated carbocycles. The first-order chi connectivity index (χ1) is 13.2. The molecule has 2 atom stereocenters. The molecule has 1 heterocycles. The lowest BCUT2D eigenvalue weighted by Crippen LogP contribution is -2.31. The van der Waals surface area contributed by atoms with Crippen molar-refractivity contribution in [1.82, 2.24) is 10.2 Å². The van der Waals surface area contributed by atoms with Crippen molar-refractivity contribution in [1.29, 1.82) is 0 Å². The summed E-state index contributed by atoms with van der Waals surface area (Å²) in [6.07, 6.45) is 1.06. The van der Waals surface area contributed by atoms with Crippen LogP contribution in [0.2, 0.25) is 0 Å². The van der Waals surface area contributed by atoms with Crippen molar-refractivity contribution >= 4 is 16.7 Å². The zero-order valence-electron chi connectivity index (χ0n) is 15.8. The van der Waals surface area contributed by atoms with Gasteiger partial charge < -0.3 is 10.2 Å². The molecule has 138 valence electrons. The first kappa shape index (κ1) is 17.7. The van der Waals surface area contributed by atoms with Crippen molar-refractivity contribution in [2.75, 3.05) is 19.6 Å². The van der Waals surface area contributed by atoms with E-state index in [2.05, 4.69) is 54.7 Å². The van der Waals surface area contributed by atoms with Crippen molar-refractivity contribution < 1.29 is 4.79 Å². The number of hydrogen-bond donors (Lipinski definition) is 1. The number of fused-ring (bicyclic) bond motifs is 1. The molecule has 4 rings (SSSR count). The molecule has 3 aromatic carbocycles. The number of nitrogens with one attached hydrogen (secondary N) is 1. The Morgan fingerprint density at radius 1 is 1.04 bits per heavy atom. The number of hydrogen-bond acceptors (Lipinski definition) is 2. The van der Waals surface area contributed by atoms with Crippen molar-refractivity contribution in [3.63, 3.8) is 0 Å². The zero-order valence-corrected chi connectivity index (χ0v) is 15.8. The average molecular weight is 358 g/mol. The average Bonchev–Trinajstić information content (AvgIpc) is 3.20. The van der Waals surface area contributed by atoms with E-state index in [1.807, 2.05) is 35.2 Å². The Bertz CT molecular complexity index is 917. The molecule has 2 unspecified atom stereocenters. The molecule has 0 aliphatic carbocycles. The summed E-state index contributed by atoms with van der Waals surface area (Å²) in [7, 11) is 0. The first-order valence-corrected chi connectivity index (χ1v) is 9.78. The third-order valence-electron chi connectivity index (χ3n) is 5.60. The summed E-state index contributed by atoms with van der Waals surface area (Å²) < 4.78 is 0. The molecule has 1 N–H and O–H groups in total. The molecule has 3 heteroatoms. The molecule has 3 nitrogen and oxygen atoms in total. The Kier molecular flexibility index (Phi) is 5.21. The summed E-state index contributed by atoms with van der Waals surface area (Å²) in [5, 5.41) is 6.29. The third kappa shape index (κ3) is 3.88. The Balaban J connectivity index is 1.36. The molecule has 0 aromatic heterocycles. The fourth-order valence-corrected chi connectivity index (χ4v) is 4.03. The van der Waals surface area contributed by atoms with Gasteiger partial charge in [-0.2, -0.15) is 0 Å². The normalized spacial score (nSPS) is 18.0. The van der Waals surface area contributed by atoms with Gasteiger partial charge in [0.25, 0.3) is 5.91 Å². The predicted molar refractivity (Wildman–Crippen MR) is 111 cm³/mol. The first-order valence-electron chi connectivity index (χ1n) is 9.78. The van der Waals surface area contributed by atoms with Crippen molar-refractivity contribution in [2.24, 2.45) is 5.92 Å². The molecule has 0 radical (unpaired) electrons. The minimum Gasteiger partial charge on any atom is -0.338 e. The van der Waals surface area contributed by atoms with Crippen LogP contribution in [0.4, 0.5) is 0 Å². The number of carbonyl (C=O) groups is 1. The van der Waals surface area contributed by atoms with Gasteiger partial charge in [0.2, 0.25) is 0 Å². The summed E-state index contributed by atoms with van der Waals surface area (Å²) in [5.74, 6) is 0.662. The highest BCUT2D eigenvalue weighted by atomic mass is 16.2. The van der Waals surface area contributed by atoms with Crippen LogP contribution in [0.5, 0.6) is 0 Å². The van der Waals surface area contributed by atoms with Crippen LogP contribution in [0.1, 0.15) is 35.3 Å². The van der Waals surface area contributed by atoms with Crippen molar-refractivity contribution in [2.45, 2.75) is 19.4 Å². The van der Waals surface area contributed by atoms with Gasteiger partial charge in [-0.3, -0.25) is 4.79 Å². The summed E-state index contributed by atoms with van der Waals surface area (Å²) in [6, 6.07) is 24.9. The molecule has 3 aromatic rings. The maximum Gasteiger partial charge on any atom is 0.253 e. The highest BCUT2D eigenvalue weighted by Gasteiger charge is 2.27. The van der Waals surface area contributed by atoms with Crippen molar-refractivity contribution in [3.05, 3.63) is 83.9 Å². The Hall–Kier alpha value is -2.65.